The van der Waals surface area contributed by atoms with E-state index in [1.54, 1.807) is 0 Å². The summed E-state index contributed by atoms with van der Waals surface area (Å²) in [6.45, 7) is 11.2. The molecule has 2 atom stereocenters. The molecule has 2 saturated heterocycles. The highest BCUT2D eigenvalue weighted by molar-refractivity contribution is 5.29. The predicted octanol–water partition coefficient (Wildman–Crippen LogP) is 4.16. The van der Waals surface area contributed by atoms with Crippen LogP contribution in [-0.4, -0.2) is 31.2 Å². The van der Waals surface area contributed by atoms with Crippen molar-refractivity contribution in [3.8, 4) is 0 Å². The van der Waals surface area contributed by atoms with Gasteiger partial charge in [0.05, 0.1) is 6.61 Å². The summed E-state index contributed by atoms with van der Waals surface area (Å²) in [6, 6.07) is 9.98. The highest BCUT2D eigenvalue weighted by atomic mass is 16.5. The number of rotatable bonds is 3. The second-order valence-corrected chi connectivity index (χ2v) is 7.75. The van der Waals surface area contributed by atoms with Gasteiger partial charge in [-0.2, -0.15) is 0 Å². The van der Waals surface area contributed by atoms with Crippen molar-refractivity contribution in [2.45, 2.75) is 51.5 Å². The van der Waals surface area contributed by atoms with Crippen LogP contribution >= 0.6 is 0 Å². The van der Waals surface area contributed by atoms with Crippen molar-refractivity contribution in [2.75, 3.05) is 26.3 Å². The Kier molecular flexibility index (Phi) is 4.37. The Hall–Kier alpha value is -0.860. The summed E-state index contributed by atoms with van der Waals surface area (Å²) in [5.74, 6) is 0.749. The minimum atomic E-state index is 0.245. The van der Waals surface area contributed by atoms with Crippen molar-refractivity contribution < 1.29 is 4.74 Å². The van der Waals surface area contributed by atoms with Crippen LogP contribution in [0.1, 0.15) is 57.2 Å². The molecule has 2 aliphatic rings. The summed E-state index contributed by atoms with van der Waals surface area (Å²) in [4.78, 5) is 2.69. The van der Waals surface area contributed by atoms with Gasteiger partial charge >= 0.3 is 0 Å². The Morgan fingerprint density at radius 3 is 2.52 bits per heavy atom. The first-order valence-electron chi connectivity index (χ1n) is 8.46. The lowest BCUT2D eigenvalue weighted by molar-refractivity contribution is 0.162. The highest BCUT2D eigenvalue weighted by Gasteiger charge is 2.29. The van der Waals surface area contributed by atoms with Crippen molar-refractivity contribution in [1.29, 1.82) is 0 Å². The summed E-state index contributed by atoms with van der Waals surface area (Å²) in [5.41, 5.74) is 3.18. The second-order valence-electron chi connectivity index (χ2n) is 7.75. The van der Waals surface area contributed by atoms with Gasteiger partial charge in [-0.3, -0.25) is 4.90 Å². The second kappa shape index (κ2) is 6.10. The summed E-state index contributed by atoms with van der Waals surface area (Å²) < 4.78 is 5.53. The van der Waals surface area contributed by atoms with Crippen molar-refractivity contribution >= 4 is 0 Å². The van der Waals surface area contributed by atoms with Crippen LogP contribution < -0.4 is 0 Å². The fraction of sp³-hybridized carbons (Fsp3) is 0.684. The van der Waals surface area contributed by atoms with Crippen LogP contribution in [0.3, 0.4) is 0 Å². The number of hydrogen-bond donors (Lipinski definition) is 0. The van der Waals surface area contributed by atoms with E-state index in [2.05, 4.69) is 49.9 Å². The van der Waals surface area contributed by atoms with E-state index >= 15 is 0 Å². The molecule has 2 aliphatic heterocycles. The number of ether oxygens (including phenoxy) is 1. The topological polar surface area (TPSA) is 12.5 Å². The number of hydrogen-bond acceptors (Lipinski definition) is 2. The average Bonchev–Trinajstić information content (AvgIpc) is 3.10. The highest BCUT2D eigenvalue weighted by Crippen LogP contribution is 2.34. The lowest BCUT2D eigenvalue weighted by Gasteiger charge is -2.28. The van der Waals surface area contributed by atoms with Crippen molar-refractivity contribution in [2.24, 2.45) is 5.92 Å². The van der Waals surface area contributed by atoms with Gasteiger partial charge in [0, 0.05) is 19.2 Å². The molecule has 1 aromatic rings. The Labute approximate surface area is 129 Å². The third-order valence-corrected chi connectivity index (χ3v) is 5.04. The third kappa shape index (κ3) is 3.49. The summed E-state index contributed by atoms with van der Waals surface area (Å²) in [6.07, 6.45) is 3.88. The van der Waals surface area contributed by atoms with Crippen LogP contribution in [0.2, 0.25) is 0 Å². The molecule has 0 saturated carbocycles. The van der Waals surface area contributed by atoms with Gasteiger partial charge in [0.25, 0.3) is 0 Å². The molecule has 0 aromatic heterocycles. The van der Waals surface area contributed by atoms with E-state index in [0.29, 0.717) is 6.04 Å². The standard InChI is InChI=1S/C19H29NO/c1-19(2,3)17-8-6-16(7-9-17)18-5-4-11-20(18)13-15-10-12-21-14-15/h6-9,15,18H,4-5,10-14H2,1-3H3. The first-order valence-corrected chi connectivity index (χ1v) is 8.46. The maximum Gasteiger partial charge on any atom is 0.0507 e. The van der Waals surface area contributed by atoms with Crippen LogP contribution in [0.4, 0.5) is 0 Å². The van der Waals surface area contributed by atoms with Crippen LogP contribution in [0.15, 0.2) is 24.3 Å². The van der Waals surface area contributed by atoms with Gasteiger partial charge in [0.15, 0.2) is 0 Å². The molecular formula is C19H29NO. The molecule has 1 aromatic carbocycles. The zero-order valence-electron chi connectivity index (χ0n) is 13.8. The molecule has 2 unspecified atom stereocenters. The SMILES string of the molecule is CC(C)(C)c1ccc(C2CCCN2CC2CCOC2)cc1. The fourth-order valence-electron chi connectivity index (χ4n) is 3.69. The van der Waals surface area contributed by atoms with E-state index in [9.17, 15) is 0 Å². The van der Waals surface area contributed by atoms with E-state index in [-0.39, 0.29) is 5.41 Å². The monoisotopic (exact) mass is 287 g/mol. The van der Waals surface area contributed by atoms with E-state index in [1.807, 2.05) is 0 Å². The minimum Gasteiger partial charge on any atom is -0.381 e. The van der Waals surface area contributed by atoms with Gasteiger partial charge in [-0.25, -0.2) is 0 Å². The van der Waals surface area contributed by atoms with Gasteiger partial charge in [0.1, 0.15) is 0 Å². The Morgan fingerprint density at radius 1 is 1.14 bits per heavy atom. The van der Waals surface area contributed by atoms with Gasteiger partial charge in [0.2, 0.25) is 0 Å². The molecule has 3 rings (SSSR count). The molecule has 2 fully saturated rings. The quantitative estimate of drug-likeness (QED) is 0.828. The maximum atomic E-state index is 5.53. The molecular weight excluding hydrogens is 258 g/mol. The zero-order chi connectivity index (χ0) is 14.9. The number of nitrogens with zero attached hydrogens (tertiary/aromatic N) is 1. The average molecular weight is 287 g/mol. The molecule has 2 nitrogen and oxygen atoms in total. The molecule has 116 valence electrons. The van der Waals surface area contributed by atoms with Crippen molar-refractivity contribution in [3.05, 3.63) is 35.4 Å². The molecule has 0 aliphatic carbocycles. The molecule has 0 amide bonds. The van der Waals surface area contributed by atoms with Crippen molar-refractivity contribution in [1.82, 2.24) is 4.90 Å². The first-order chi connectivity index (χ1) is 10.0. The smallest absolute Gasteiger partial charge is 0.0507 e. The van der Waals surface area contributed by atoms with Gasteiger partial charge in [-0.1, -0.05) is 45.0 Å². The third-order valence-electron chi connectivity index (χ3n) is 5.04. The van der Waals surface area contributed by atoms with Crippen molar-refractivity contribution in [3.63, 3.8) is 0 Å². The summed E-state index contributed by atoms with van der Waals surface area (Å²) in [5, 5.41) is 0. The normalized spacial score (nSPS) is 27.4. The summed E-state index contributed by atoms with van der Waals surface area (Å²) in [7, 11) is 0. The van der Waals surface area contributed by atoms with E-state index in [4.69, 9.17) is 4.74 Å². The lowest BCUT2D eigenvalue weighted by atomic mass is 9.86. The fourth-order valence-corrected chi connectivity index (χ4v) is 3.69. The maximum absolute atomic E-state index is 5.53. The Balaban J connectivity index is 1.69. The van der Waals surface area contributed by atoms with Gasteiger partial charge in [-0.05, 0) is 48.3 Å². The molecule has 0 bridgehead atoms. The number of likely N-dealkylation sites (tertiary alicyclic amines) is 1. The van der Waals surface area contributed by atoms with Gasteiger partial charge < -0.3 is 4.74 Å². The largest absolute Gasteiger partial charge is 0.381 e. The Bertz CT molecular complexity index is 453. The van der Waals surface area contributed by atoms with Crippen LogP contribution in [0.25, 0.3) is 0 Å². The zero-order valence-corrected chi connectivity index (χ0v) is 13.8. The van der Waals surface area contributed by atoms with Gasteiger partial charge in [-0.15, -0.1) is 0 Å². The minimum absolute atomic E-state index is 0.245. The number of benzene rings is 1. The van der Waals surface area contributed by atoms with Crippen LogP contribution in [0, 0.1) is 5.92 Å². The first kappa shape index (κ1) is 15.1. The molecule has 0 N–H and O–H groups in total. The molecule has 2 heterocycles. The predicted molar refractivity (Wildman–Crippen MR) is 87.6 cm³/mol. The van der Waals surface area contributed by atoms with E-state index in [0.717, 1.165) is 19.1 Å². The Morgan fingerprint density at radius 2 is 1.90 bits per heavy atom. The lowest BCUT2D eigenvalue weighted by Crippen LogP contribution is -2.29. The van der Waals surface area contributed by atoms with E-state index < -0.39 is 0 Å². The molecule has 0 radical (unpaired) electrons. The van der Waals surface area contributed by atoms with Crippen LogP contribution in [-0.2, 0) is 10.2 Å². The summed E-state index contributed by atoms with van der Waals surface area (Å²) >= 11 is 0. The molecule has 21 heavy (non-hydrogen) atoms. The molecule has 0 spiro atoms. The van der Waals surface area contributed by atoms with E-state index in [1.165, 1.54) is 43.5 Å². The van der Waals surface area contributed by atoms with Crippen LogP contribution in [0.5, 0.6) is 0 Å². The molecule has 2 heteroatoms.